The van der Waals surface area contributed by atoms with Crippen LogP contribution in [0.15, 0.2) is 0 Å². The van der Waals surface area contributed by atoms with E-state index in [1.54, 1.807) is 0 Å². The predicted octanol–water partition coefficient (Wildman–Crippen LogP) is 2.04. The Morgan fingerprint density at radius 1 is 1.39 bits per heavy atom. The largest absolute Gasteiger partial charge is 0.462 e. The van der Waals surface area contributed by atoms with Crippen LogP contribution in [-0.4, -0.2) is 49.2 Å². The Bertz CT molecular complexity index is 224. The Morgan fingerprint density at radius 3 is 2.33 bits per heavy atom. The summed E-state index contributed by atoms with van der Waals surface area (Å²) < 4.78 is 4.55. The summed E-state index contributed by atoms with van der Waals surface area (Å²) in [6, 6.07) is 1.44. The van der Waals surface area contributed by atoms with Gasteiger partial charge in [-0.3, -0.25) is 9.69 Å². The lowest BCUT2D eigenvalue weighted by molar-refractivity contribution is -0.138. The molecule has 0 aromatic heterocycles. The Kier molecular flexibility index (Phi) is 8.20. The van der Waals surface area contributed by atoms with Crippen LogP contribution >= 0.6 is 0 Å². The predicted molar refractivity (Wildman–Crippen MR) is 75.7 cm³/mol. The number of nitrogens with one attached hydrogen (secondary N) is 1. The number of piperidine rings is 1. The zero-order valence-corrected chi connectivity index (χ0v) is 12.8. The summed E-state index contributed by atoms with van der Waals surface area (Å²) >= 11 is 0. The molecule has 0 radical (unpaired) electrons. The fourth-order valence-electron chi connectivity index (χ4n) is 1.86. The van der Waals surface area contributed by atoms with Crippen LogP contribution < -0.4 is 5.32 Å². The summed E-state index contributed by atoms with van der Waals surface area (Å²) in [5.74, 6) is 0. The van der Waals surface area contributed by atoms with E-state index in [0.29, 0.717) is 12.5 Å². The molecule has 0 aliphatic carbocycles. The molecule has 1 aliphatic rings. The monoisotopic (exact) mass is 258 g/mol. The summed E-state index contributed by atoms with van der Waals surface area (Å²) in [7, 11) is 2.06. The minimum absolute atomic E-state index is 0.318. The zero-order chi connectivity index (χ0) is 14.2. The van der Waals surface area contributed by atoms with Gasteiger partial charge in [0.05, 0.1) is 0 Å². The first-order chi connectivity index (χ1) is 8.30. The summed E-state index contributed by atoms with van der Waals surface area (Å²) in [4.78, 5) is 12.1. The van der Waals surface area contributed by atoms with Crippen molar-refractivity contribution in [3.63, 3.8) is 0 Å². The molecule has 0 spiro atoms. The quantitative estimate of drug-likeness (QED) is 0.787. The first-order valence-corrected chi connectivity index (χ1v) is 6.83. The van der Waals surface area contributed by atoms with E-state index in [0.717, 1.165) is 6.04 Å². The number of rotatable bonds is 3. The first-order valence-electron chi connectivity index (χ1n) is 6.83. The summed E-state index contributed by atoms with van der Waals surface area (Å²) in [5, 5.41) is 3.35. The molecule has 0 aromatic rings. The molecular formula is C14H30N2O2. The Balaban J connectivity index is 0.000000360. The van der Waals surface area contributed by atoms with Crippen LogP contribution in [0.3, 0.4) is 0 Å². The standard InChI is InChI=1S/C9H20N2.C5H10O2/c1-8(2)11-6-4-5-9(7-11)10-3;1-5(2,3)7-4-6/h8-10H,4-7H2,1-3H3;4H,1-3H3. The molecule has 1 atom stereocenters. The van der Waals surface area contributed by atoms with Gasteiger partial charge in [-0.05, 0) is 61.1 Å². The number of likely N-dealkylation sites (N-methyl/N-ethyl adjacent to an activating group) is 1. The second-order valence-corrected chi connectivity index (χ2v) is 6.04. The van der Waals surface area contributed by atoms with E-state index in [1.807, 2.05) is 20.8 Å². The average molecular weight is 258 g/mol. The molecule has 0 aromatic carbocycles. The molecule has 0 bridgehead atoms. The second kappa shape index (κ2) is 8.48. The maximum Gasteiger partial charge on any atom is 0.293 e. The zero-order valence-electron chi connectivity index (χ0n) is 12.8. The van der Waals surface area contributed by atoms with Gasteiger partial charge < -0.3 is 10.1 Å². The van der Waals surface area contributed by atoms with E-state index in [1.165, 1.54) is 25.9 Å². The smallest absolute Gasteiger partial charge is 0.293 e. The van der Waals surface area contributed by atoms with E-state index < -0.39 is 0 Å². The van der Waals surface area contributed by atoms with Crippen LogP contribution in [0.5, 0.6) is 0 Å². The fraction of sp³-hybridized carbons (Fsp3) is 0.929. The van der Waals surface area contributed by atoms with Crippen molar-refractivity contribution in [3.8, 4) is 0 Å². The third kappa shape index (κ3) is 8.48. The van der Waals surface area contributed by atoms with Crippen molar-refractivity contribution >= 4 is 6.47 Å². The normalized spacial score (nSPS) is 21.2. The van der Waals surface area contributed by atoms with Crippen molar-refractivity contribution in [3.05, 3.63) is 0 Å². The topological polar surface area (TPSA) is 41.6 Å². The van der Waals surface area contributed by atoms with Gasteiger partial charge >= 0.3 is 0 Å². The van der Waals surface area contributed by atoms with Gasteiger partial charge in [0, 0.05) is 18.6 Å². The van der Waals surface area contributed by atoms with Crippen LogP contribution in [0.4, 0.5) is 0 Å². The number of ether oxygens (including phenoxy) is 1. The third-order valence-electron chi connectivity index (χ3n) is 2.99. The lowest BCUT2D eigenvalue weighted by Crippen LogP contribution is -2.47. The van der Waals surface area contributed by atoms with Crippen molar-refractivity contribution in [2.24, 2.45) is 0 Å². The molecule has 18 heavy (non-hydrogen) atoms. The molecule has 1 N–H and O–H groups in total. The molecule has 108 valence electrons. The minimum Gasteiger partial charge on any atom is -0.462 e. The highest BCUT2D eigenvalue weighted by molar-refractivity contribution is 5.37. The van der Waals surface area contributed by atoms with Gasteiger partial charge in [-0.15, -0.1) is 0 Å². The van der Waals surface area contributed by atoms with Gasteiger partial charge in [-0.2, -0.15) is 0 Å². The number of carbonyl (C=O) groups is 1. The molecule has 1 rings (SSSR count). The maximum atomic E-state index is 9.60. The molecule has 0 amide bonds. The SMILES string of the molecule is CC(C)(C)OC=O.CNC1CCCN(C(C)C)C1. The van der Waals surface area contributed by atoms with Crippen molar-refractivity contribution in [2.45, 2.75) is 65.1 Å². The van der Waals surface area contributed by atoms with E-state index in [2.05, 4.69) is 35.8 Å². The highest BCUT2D eigenvalue weighted by atomic mass is 16.5. The highest BCUT2D eigenvalue weighted by Crippen LogP contribution is 2.11. The lowest BCUT2D eigenvalue weighted by Gasteiger charge is -2.35. The van der Waals surface area contributed by atoms with Gasteiger partial charge in [-0.1, -0.05) is 0 Å². The van der Waals surface area contributed by atoms with Gasteiger partial charge in [0.15, 0.2) is 0 Å². The van der Waals surface area contributed by atoms with E-state index in [4.69, 9.17) is 0 Å². The molecule has 1 heterocycles. The summed E-state index contributed by atoms with van der Waals surface area (Å²) in [6.45, 7) is 13.0. The summed E-state index contributed by atoms with van der Waals surface area (Å²) in [5.41, 5.74) is -0.318. The number of hydrogen-bond acceptors (Lipinski definition) is 4. The van der Waals surface area contributed by atoms with Crippen LogP contribution in [0.1, 0.15) is 47.5 Å². The number of hydrogen-bond donors (Lipinski definition) is 1. The van der Waals surface area contributed by atoms with E-state index >= 15 is 0 Å². The Labute approximate surface area is 112 Å². The van der Waals surface area contributed by atoms with E-state index in [-0.39, 0.29) is 5.60 Å². The number of nitrogens with zero attached hydrogens (tertiary/aromatic N) is 1. The van der Waals surface area contributed by atoms with Gasteiger partial charge in [-0.25, -0.2) is 0 Å². The van der Waals surface area contributed by atoms with Crippen molar-refractivity contribution < 1.29 is 9.53 Å². The van der Waals surface area contributed by atoms with Crippen molar-refractivity contribution in [1.29, 1.82) is 0 Å². The number of carbonyl (C=O) groups excluding carboxylic acids is 1. The van der Waals surface area contributed by atoms with Crippen molar-refractivity contribution in [1.82, 2.24) is 10.2 Å². The molecule has 1 unspecified atom stereocenters. The molecule has 4 heteroatoms. The van der Waals surface area contributed by atoms with Crippen molar-refractivity contribution in [2.75, 3.05) is 20.1 Å². The number of likely N-dealkylation sites (tertiary alicyclic amines) is 1. The molecule has 1 aliphatic heterocycles. The Morgan fingerprint density at radius 2 is 2.00 bits per heavy atom. The highest BCUT2D eigenvalue weighted by Gasteiger charge is 2.19. The van der Waals surface area contributed by atoms with E-state index in [9.17, 15) is 4.79 Å². The molecule has 1 saturated heterocycles. The maximum absolute atomic E-state index is 9.60. The lowest BCUT2D eigenvalue weighted by atomic mass is 10.0. The minimum atomic E-state index is -0.318. The first kappa shape index (κ1) is 17.4. The van der Waals surface area contributed by atoms with Gasteiger partial charge in [0.25, 0.3) is 6.47 Å². The molecule has 1 fully saturated rings. The van der Waals surface area contributed by atoms with Crippen LogP contribution in [0.2, 0.25) is 0 Å². The summed E-state index contributed by atoms with van der Waals surface area (Å²) in [6.07, 6.45) is 2.70. The average Bonchev–Trinajstić information content (AvgIpc) is 2.28. The van der Waals surface area contributed by atoms with Gasteiger partial charge in [0.2, 0.25) is 0 Å². The van der Waals surface area contributed by atoms with Gasteiger partial charge in [0.1, 0.15) is 5.60 Å². The van der Waals surface area contributed by atoms with Crippen LogP contribution in [-0.2, 0) is 9.53 Å². The molecular weight excluding hydrogens is 228 g/mol. The Hall–Kier alpha value is -0.610. The molecule has 0 saturated carbocycles. The third-order valence-corrected chi connectivity index (χ3v) is 2.99. The molecule has 4 nitrogen and oxygen atoms in total. The second-order valence-electron chi connectivity index (χ2n) is 6.04. The van der Waals surface area contributed by atoms with Crippen LogP contribution in [0.25, 0.3) is 0 Å². The van der Waals surface area contributed by atoms with Crippen LogP contribution in [0, 0.1) is 0 Å². The fourth-order valence-corrected chi connectivity index (χ4v) is 1.86.